The van der Waals surface area contributed by atoms with Crippen LogP contribution in [0.5, 0.6) is 11.5 Å². The number of hydrogen-bond acceptors (Lipinski definition) is 8. The molecule has 0 aliphatic carbocycles. The molecule has 2 rings (SSSR count). The van der Waals surface area contributed by atoms with Gasteiger partial charge in [0, 0.05) is 11.1 Å². The van der Waals surface area contributed by atoms with Gasteiger partial charge in [0.05, 0.1) is 20.6 Å². The Labute approximate surface area is 191 Å². The molecule has 0 saturated heterocycles. The summed E-state index contributed by atoms with van der Waals surface area (Å²) < 4.78 is 14.7. The van der Waals surface area contributed by atoms with Crippen molar-refractivity contribution in [1.82, 2.24) is 0 Å². The predicted octanol–water partition coefficient (Wildman–Crippen LogP) is 3.49. The molecule has 176 valence electrons. The lowest BCUT2D eigenvalue weighted by Gasteiger charge is -2.19. The summed E-state index contributed by atoms with van der Waals surface area (Å²) >= 11 is 0. The maximum Gasteiger partial charge on any atom is 0.341 e. The van der Waals surface area contributed by atoms with Crippen LogP contribution < -0.4 is 10.1 Å². The van der Waals surface area contributed by atoms with Crippen LogP contribution in [0.4, 0.5) is 5.69 Å². The second kappa shape index (κ2) is 10.6. The Morgan fingerprint density at radius 3 is 2.00 bits per heavy atom. The number of rotatable bonds is 7. The molecule has 2 N–H and O–H groups in total. The van der Waals surface area contributed by atoms with Crippen molar-refractivity contribution in [2.45, 2.75) is 33.6 Å². The Morgan fingerprint density at radius 2 is 1.48 bits per heavy atom. The fourth-order valence-electron chi connectivity index (χ4n) is 2.82. The molecule has 0 spiro atoms. The quantitative estimate of drug-likeness (QED) is 0.478. The molecule has 9 nitrogen and oxygen atoms in total. The summed E-state index contributed by atoms with van der Waals surface area (Å²) in [7, 11) is 2.22. The number of carbonyl (C=O) groups is 4. The van der Waals surface area contributed by atoms with Crippen LogP contribution in [0.3, 0.4) is 0 Å². The normalized spacial score (nSPS) is 10.8. The Balaban J connectivity index is 2.25. The SMILES string of the molecule is COC(=O)c1cc(O)cc(C(=O)OC)c1OC(=O)CCc1ccccc1NC(=O)C(C)(C)C. The van der Waals surface area contributed by atoms with Gasteiger partial charge in [0.2, 0.25) is 5.91 Å². The summed E-state index contributed by atoms with van der Waals surface area (Å²) in [4.78, 5) is 49.2. The molecule has 0 bridgehead atoms. The van der Waals surface area contributed by atoms with Gasteiger partial charge in [-0.05, 0) is 30.2 Å². The van der Waals surface area contributed by atoms with Crippen molar-refractivity contribution in [2.75, 3.05) is 19.5 Å². The van der Waals surface area contributed by atoms with E-state index < -0.39 is 29.1 Å². The van der Waals surface area contributed by atoms with E-state index in [9.17, 15) is 24.3 Å². The van der Waals surface area contributed by atoms with Crippen molar-refractivity contribution in [2.24, 2.45) is 5.41 Å². The van der Waals surface area contributed by atoms with Gasteiger partial charge in [-0.25, -0.2) is 9.59 Å². The fraction of sp³-hybridized carbons (Fsp3) is 0.333. The molecule has 0 aromatic heterocycles. The Bertz CT molecular complexity index is 1030. The Kier molecular flexibility index (Phi) is 8.17. The first kappa shape index (κ1) is 25.4. The summed E-state index contributed by atoms with van der Waals surface area (Å²) in [5.41, 5.74) is 0.0760. The summed E-state index contributed by atoms with van der Waals surface area (Å²) in [6.45, 7) is 5.37. The number of phenolic OH excluding ortho intramolecular Hbond substituents is 1. The van der Waals surface area contributed by atoms with Gasteiger partial charge in [0.1, 0.15) is 16.9 Å². The number of benzene rings is 2. The Morgan fingerprint density at radius 1 is 0.939 bits per heavy atom. The zero-order valence-corrected chi connectivity index (χ0v) is 19.2. The topological polar surface area (TPSA) is 128 Å². The molecule has 0 radical (unpaired) electrons. The van der Waals surface area contributed by atoms with Gasteiger partial charge in [-0.1, -0.05) is 39.0 Å². The molecule has 0 atom stereocenters. The van der Waals surface area contributed by atoms with E-state index in [2.05, 4.69) is 14.8 Å². The number of methoxy groups -OCH3 is 2. The van der Waals surface area contributed by atoms with Crippen LogP contribution in [0.15, 0.2) is 36.4 Å². The lowest BCUT2D eigenvalue weighted by Crippen LogP contribution is -2.28. The highest BCUT2D eigenvalue weighted by atomic mass is 16.6. The molecule has 0 unspecified atom stereocenters. The zero-order valence-electron chi connectivity index (χ0n) is 19.2. The second-order valence-electron chi connectivity index (χ2n) is 8.19. The minimum Gasteiger partial charge on any atom is -0.508 e. The number of esters is 3. The van der Waals surface area contributed by atoms with Gasteiger partial charge >= 0.3 is 17.9 Å². The first-order valence-electron chi connectivity index (χ1n) is 10.1. The van der Waals surface area contributed by atoms with E-state index in [-0.39, 0.29) is 35.6 Å². The van der Waals surface area contributed by atoms with Crippen molar-refractivity contribution in [3.8, 4) is 11.5 Å². The molecule has 0 saturated carbocycles. The molecular formula is C24H27NO8. The number of carbonyl (C=O) groups excluding carboxylic acids is 4. The van der Waals surface area contributed by atoms with Crippen LogP contribution in [-0.4, -0.2) is 43.1 Å². The van der Waals surface area contributed by atoms with E-state index >= 15 is 0 Å². The lowest BCUT2D eigenvalue weighted by molar-refractivity contribution is -0.134. The minimum atomic E-state index is -0.908. The molecule has 0 heterocycles. The van der Waals surface area contributed by atoms with Gasteiger partial charge in [-0.3, -0.25) is 9.59 Å². The predicted molar refractivity (Wildman–Crippen MR) is 119 cm³/mol. The highest BCUT2D eigenvalue weighted by Gasteiger charge is 2.26. The van der Waals surface area contributed by atoms with Gasteiger partial charge in [0.25, 0.3) is 0 Å². The number of aromatic hydroxyl groups is 1. The summed E-state index contributed by atoms with van der Waals surface area (Å²) in [6, 6.07) is 9.09. The second-order valence-corrected chi connectivity index (χ2v) is 8.19. The molecule has 1 amide bonds. The van der Waals surface area contributed by atoms with Crippen LogP contribution in [0.1, 0.15) is 53.5 Å². The van der Waals surface area contributed by atoms with E-state index in [0.717, 1.165) is 26.4 Å². The zero-order chi connectivity index (χ0) is 24.8. The third-order valence-electron chi connectivity index (χ3n) is 4.65. The molecule has 0 fully saturated rings. The smallest absolute Gasteiger partial charge is 0.341 e. The van der Waals surface area contributed by atoms with Crippen molar-refractivity contribution in [1.29, 1.82) is 0 Å². The Hall–Kier alpha value is -3.88. The van der Waals surface area contributed by atoms with Crippen LogP contribution >= 0.6 is 0 Å². The average Bonchev–Trinajstić information content (AvgIpc) is 2.77. The average molecular weight is 457 g/mol. The fourth-order valence-corrected chi connectivity index (χ4v) is 2.82. The monoisotopic (exact) mass is 457 g/mol. The van der Waals surface area contributed by atoms with Crippen molar-refractivity contribution in [3.05, 3.63) is 53.1 Å². The molecule has 33 heavy (non-hydrogen) atoms. The van der Waals surface area contributed by atoms with Crippen LogP contribution in [0.25, 0.3) is 0 Å². The van der Waals surface area contributed by atoms with Crippen LogP contribution in [0, 0.1) is 5.41 Å². The number of ether oxygens (including phenoxy) is 3. The van der Waals surface area contributed by atoms with Gasteiger partial charge in [-0.15, -0.1) is 0 Å². The lowest BCUT2D eigenvalue weighted by atomic mass is 9.95. The molecule has 0 aliphatic heterocycles. The van der Waals surface area contributed by atoms with E-state index in [1.54, 1.807) is 45.0 Å². The van der Waals surface area contributed by atoms with E-state index in [1.807, 2.05) is 0 Å². The molecule has 9 heteroatoms. The van der Waals surface area contributed by atoms with Gasteiger partial charge < -0.3 is 24.6 Å². The molecule has 0 aliphatic rings. The summed E-state index contributed by atoms with van der Waals surface area (Å²) in [5.74, 6) is -3.51. The first-order valence-corrected chi connectivity index (χ1v) is 10.1. The van der Waals surface area contributed by atoms with E-state index in [1.165, 1.54) is 0 Å². The first-order chi connectivity index (χ1) is 15.5. The minimum absolute atomic E-state index is 0.121. The number of anilines is 1. The molecular weight excluding hydrogens is 430 g/mol. The van der Waals surface area contributed by atoms with Gasteiger partial charge in [-0.2, -0.15) is 0 Å². The maximum atomic E-state index is 12.6. The molecule has 2 aromatic carbocycles. The van der Waals surface area contributed by atoms with E-state index in [4.69, 9.17) is 4.74 Å². The van der Waals surface area contributed by atoms with Crippen molar-refractivity contribution in [3.63, 3.8) is 0 Å². The third-order valence-corrected chi connectivity index (χ3v) is 4.65. The maximum absolute atomic E-state index is 12.6. The highest BCUT2D eigenvalue weighted by Crippen LogP contribution is 2.31. The number of amides is 1. The third kappa shape index (κ3) is 6.55. The number of aryl methyl sites for hydroxylation is 1. The summed E-state index contributed by atoms with van der Waals surface area (Å²) in [5, 5.41) is 12.7. The number of nitrogens with one attached hydrogen (secondary N) is 1. The van der Waals surface area contributed by atoms with Crippen LogP contribution in [0.2, 0.25) is 0 Å². The summed E-state index contributed by atoms with van der Waals surface area (Å²) in [6.07, 6.45) is 0.100. The number of para-hydroxylation sites is 1. The number of phenols is 1. The van der Waals surface area contributed by atoms with Gasteiger partial charge in [0.15, 0.2) is 5.75 Å². The number of hydrogen-bond donors (Lipinski definition) is 2. The van der Waals surface area contributed by atoms with Crippen LogP contribution in [-0.2, 0) is 25.5 Å². The highest BCUT2D eigenvalue weighted by molar-refractivity contribution is 6.02. The van der Waals surface area contributed by atoms with Crippen molar-refractivity contribution >= 4 is 29.5 Å². The molecule has 2 aromatic rings. The van der Waals surface area contributed by atoms with E-state index in [0.29, 0.717) is 11.3 Å². The standard InChI is InChI=1S/C24H27NO8/c1-24(2,3)23(30)25-18-9-7-6-8-14(18)10-11-19(27)33-20-16(21(28)31-4)12-15(26)13-17(20)22(29)32-5/h6-9,12-13,26H,10-11H2,1-5H3,(H,25,30). The van der Waals surface area contributed by atoms with Crippen molar-refractivity contribution < 1.29 is 38.5 Å². The largest absolute Gasteiger partial charge is 0.508 e.